The van der Waals surface area contributed by atoms with Crippen molar-refractivity contribution in [2.24, 2.45) is 0 Å². The highest BCUT2D eigenvalue weighted by atomic mass is 32.2. The highest BCUT2D eigenvalue weighted by molar-refractivity contribution is 7.99. The number of sulfone groups is 1. The van der Waals surface area contributed by atoms with Crippen molar-refractivity contribution < 1.29 is 18.0 Å². The van der Waals surface area contributed by atoms with Crippen molar-refractivity contribution >= 4 is 39.1 Å². The van der Waals surface area contributed by atoms with Gasteiger partial charge in [0.2, 0.25) is 5.91 Å². The van der Waals surface area contributed by atoms with Crippen LogP contribution in [-0.4, -0.2) is 49.1 Å². The number of nitrogens with zero attached hydrogens (tertiary/aromatic N) is 1. The molecule has 1 atom stereocenters. The van der Waals surface area contributed by atoms with Crippen molar-refractivity contribution in [3.8, 4) is 0 Å². The lowest BCUT2D eigenvalue weighted by Crippen LogP contribution is -2.44. The summed E-state index contributed by atoms with van der Waals surface area (Å²) in [5, 5.41) is 2.81. The molecule has 0 bridgehead atoms. The first-order chi connectivity index (χ1) is 12.8. The number of benzene rings is 2. The number of hydrogen-bond donors (Lipinski definition) is 1. The Hall–Kier alpha value is -2.32. The zero-order valence-electron chi connectivity index (χ0n) is 15.0. The molecule has 1 aliphatic rings. The molecular formula is C19H20N2O4S2. The van der Waals surface area contributed by atoms with Crippen molar-refractivity contribution in [1.82, 2.24) is 4.90 Å². The van der Waals surface area contributed by atoms with E-state index >= 15 is 0 Å². The van der Waals surface area contributed by atoms with Gasteiger partial charge in [-0.15, -0.1) is 11.8 Å². The molecule has 1 heterocycles. The van der Waals surface area contributed by atoms with Gasteiger partial charge in [0.05, 0.1) is 16.3 Å². The average molecular weight is 405 g/mol. The topological polar surface area (TPSA) is 83.6 Å². The monoisotopic (exact) mass is 404 g/mol. The van der Waals surface area contributed by atoms with Gasteiger partial charge in [-0.25, -0.2) is 8.42 Å². The molecule has 0 aliphatic carbocycles. The minimum Gasteiger partial charge on any atom is -0.324 e. The van der Waals surface area contributed by atoms with Crippen LogP contribution in [0.3, 0.4) is 0 Å². The molecular weight excluding hydrogens is 384 g/mol. The summed E-state index contributed by atoms with van der Waals surface area (Å²) >= 11 is 1.46. The molecule has 0 spiro atoms. The number of aryl methyl sites for hydroxylation is 1. The lowest BCUT2D eigenvalue weighted by atomic mass is 10.1. The number of amides is 2. The number of anilines is 1. The fourth-order valence-corrected chi connectivity index (χ4v) is 4.91. The number of para-hydroxylation sites is 1. The summed E-state index contributed by atoms with van der Waals surface area (Å²) in [6.07, 6.45) is 1.08. The fraction of sp³-hybridized carbons (Fsp3) is 0.263. The summed E-state index contributed by atoms with van der Waals surface area (Å²) < 4.78 is 24.2. The molecule has 1 aliphatic heterocycles. The first kappa shape index (κ1) is 19.4. The van der Waals surface area contributed by atoms with E-state index in [2.05, 4.69) is 5.32 Å². The van der Waals surface area contributed by atoms with Crippen molar-refractivity contribution in [3.63, 3.8) is 0 Å². The largest absolute Gasteiger partial charge is 0.324 e. The molecule has 8 heteroatoms. The SMILES string of the molecule is Cc1ccc(S(C)(=O)=O)c(C(=O)N2CSCC2C(=O)Nc2ccccc2)c1. The molecule has 3 rings (SSSR count). The van der Waals surface area contributed by atoms with Gasteiger partial charge in [-0.05, 0) is 31.2 Å². The van der Waals surface area contributed by atoms with E-state index in [1.54, 1.807) is 31.2 Å². The Morgan fingerprint density at radius 1 is 1.15 bits per heavy atom. The van der Waals surface area contributed by atoms with Crippen LogP contribution >= 0.6 is 11.8 Å². The van der Waals surface area contributed by atoms with Gasteiger partial charge in [-0.2, -0.15) is 0 Å². The lowest BCUT2D eigenvalue weighted by molar-refractivity contribution is -0.119. The van der Waals surface area contributed by atoms with E-state index in [4.69, 9.17) is 0 Å². The Morgan fingerprint density at radius 3 is 2.52 bits per heavy atom. The minimum absolute atomic E-state index is 0.0165. The first-order valence-electron chi connectivity index (χ1n) is 8.32. The Bertz CT molecular complexity index is 974. The second-order valence-electron chi connectivity index (χ2n) is 6.42. The summed E-state index contributed by atoms with van der Waals surface area (Å²) in [7, 11) is -3.57. The predicted octanol–water partition coefficient (Wildman–Crippen LogP) is 2.55. The first-order valence-corrected chi connectivity index (χ1v) is 11.4. The minimum atomic E-state index is -3.57. The molecule has 2 amide bonds. The Kier molecular flexibility index (Phi) is 5.57. The van der Waals surface area contributed by atoms with Crippen molar-refractivity contribution in [2.45, 2.75) is 17.9 Å². The number of hydrogen-bond acceptors (Lipinski definition) is 5. The van der Waals surface area contributed by atoms with Crippen LogP contribution in [0.15, 0.2) is 53.4 Å². The van der Waals surface area contributed by atoms with E-state index < -0.39 is 21.8 Å². The molecule has 2 aromatic rings. The Balaban J connectivity index is 1.88. The van der Waals surface area contributed by atoms with Gasteiger partial charge in [0.1, 0.15) is 6.04 Å². The van der Waals surface area contributed by atoms with Gasteiger partial charge in [0, 0.05) is 17.7 Å². The number of carbonyl (C=O) groups excluding carboxylic acids is 2. The summed E-state index contributed by atoms with van der Waals surface area (Å²) in [5.41, 5.74) is 1.54. The molecule has 0 saturated carbocycles. The van der Waals surface area contributed by atoms with Gasteiger partial charge < -0.3 is 10.2 Å². The van der Waals surface area contributed by atoms with Crippen molar-refractivity contribution in [3.05, 3.63) is 59.7 Å². The summed E-state index contributed by atoms with van der Waals surface area (Å²) in [4.78, 5) is 27.2. The van der Waals surface area contributed by atoms with Gasteiger partial charge in [0.15, 0.2) is 9.84 Å². The van der Waals surface area contributed by atoms with Crippen LogP contribution in [0.1, 0.15) is 15.9 Å². The van der Waals surface area contributed by atoms with Crippen LogP contribution in [0.4, 0.5) is 5.69 Å². The second-order valence-corrected chi connectivity index (χ2v) is 9.40. The smallest absolute Gasteiger partial charge is 0.256 e. The fourth-order valence-electron chi connectivity index (χ4n) is 2.90. The molecule has 0 aromatic heterocycles. The van der Waals surface area contributed by atoms with E-state index in [0.717, 1.165) is 11.8 Å². The highest BCUT2D eigenvalue weighted by Gasteiger charge is 2.36. The number of thioether (sulfide) groups is 1. The van der Waals surface area contributed by atoms with Gasteiger partial charge >= 0.3 is 0 Å². The predicted molar refractivity (Wildman–Crippen MR) is 107 cm³/mol. The summed E-state index contributed by atoms with van der Waals surface area (Å²) in [6.45, 7) is 1.79. The molecule has 0 radical (unpaired) electrons. The van der Waals surface area contributed by atoms with Crippen LogP contribution in [-0.2, 0) is 14.6 Å². The third-order valence-corrected chi connectivity index (χ3v) is 6.42. The Labute approximate surface area is 162 Å². The molecule has 1 saturated heterocycles. The maximum Gasteiger partial charge on any atom is 0.256 e. The molecule has 1 unspecified atom stereocenters. The van der Waals surface area contributed by atoms with Gasteiger partial charge in [0.25, 0.3) is 5.91 Å². The van der Waals surface area contributed by atoms with Crippen LogP contribution in [0.25, 0.3) is 0 Å². The summed E-state index contributed by atoms with van der Waals surface area (Å²) in [6, 6.07) is 13.0. The van der Waals surface area contributed by atoms with Crippen LogP contribution in [0.5, 0.6) is 0 Å². The Morgan fingerprint density at radius 2 is 1.85 bits per heavy atom. The van der Waals surface area contributed by atoms with Crippen LogP contribution < -0.4 is 5.32 Å². The quantitative estimate of drug-likeness (QED) is 0.847. The van der Waals surface area contributed by atoms with Crippen molar-refractivity contribution in [1.29, 1.82) is 0 Å². The standard InChI is InChI=1S/C19H20N2O4S2/c1-13-8-9-17(27(2,24)25)15(10-13)19(23)21-12-26-11-16(21)18(22)20-14-6-4-3-5-7-14/h3-10,16H,11-12H2,1-2H3,(H,20,22). The van der Waals surface area contributed by atoms with E-state index in [1.807, 2.05) is 18.2 Å². The molecule has 1 fully saturated rings. The molecule has 6 nitrogen and oxygen atoms in total. The van der Waals surface area contributed by atoms with E-state index in [1.165, 1.54) is 22.7 Å². The van der Waals surface area contributed by atoms with Gasteiger partial charge in [-0.3, -0.25) is 9.59 Å². The number of rotatable bonds is 4. The molecule has 27 heavy (non-hydrogen) atoms. The zero-order valence-corrected chi connectivity index (χ0v) is 16.6. The van der Waals surface area contributed by atoms with E-state index in [-0.39, 0.29) is 16.4 Å². The molecule has 2 aromatic carbocycles. The van der Waals surface area contributed by atoms with Crippen molar-refractivity contribution in [2.75, 3.05) is 23.2 Å². The number of nitrogens with one attached hydrogen (secondary N) is 1. The normalized spacial score (nSPS) is 17.0. The maximum absolute atomic E-state index is 13.1. The van der Waals surface area contributed by atoms with Crippen LogP contribution in [0.2, 0.25) is 0 Å². The third-order valence-electron chi connectivity index (χ3n) is 4.25. The number of carbonyl (C=O) groups is 2. The summed E-state index contributed by atoms with van der Waals surface area (Å²) in [5.74, 6) is 0.0678. The van der Waals surface area contributed by atoms with Gasteiger partial charge in [-0.1, -0.05) is 29.8 Å². The average Bonchev–Trinajstić information content (AvgIpc) is 3.10. The van der Waals surface area contributed by atoms with E-state index in [9.17, 15) is 18.0 Å². The molecule has 1 N–H and O–H groups in total. The maximum atomic E-state index is 13.1. The lowest BCUT2D eigenvalue weighted by Gasteiger charge is -2.24. The highest BCUT2D eigenvalue weighted by Crippen LogP contribution is 2.27. The zero-order chi connectivity index (χ0) is 19.6. The second kappa shape index (κ2) is 7.74. The molecule has 142 valence electrons. The van der Waals surface area contributed by atoms with E-state index in [0.29, 0.717) is 17.3 Å². The van der Waals surface area contributed by atoms with Crippen LogP contribution in [0, 0.1) is 6.92 Å². The third kappa shape index (κ3) is 4.33.